The zero-order chi connectivity index (χ0) is 23.4. The normalized spacial score (nSPS) is 10.7. The Morgan fingerprint density at radius 1 is 0.970 bits per heavy atom. The van der Waals surface area contributed by atoms with Gasteiger partial charge in [-0.2, -0.15) is 5.10 Å². The highest BCUT2D eigenvalue weighted by atomic mass is 35.5. The van der Waals surface area contributed by atoms with Gasteiger partial charge in [0.25, 0.3) is 5.91 Å². The number of methoxy groups -OCH3 is 2. The lowest BCUT2D eigenvalue weighted by Crippen LogP contribution is -2.25. The number of carbonyl (C=O) groups is 1. The summed E-state index contributed by atoms with van der Waals surface area (Å²) in [5.41, 5.74) is 3.11. The first-order chi connectivity index (χ1) is 16.0. The van der Waals surface area contributed by atoms with Gasteiger partial charge in [-0.05, 0) is 54.1 Å². The molecule has 1 N–H and O–H groups in total. The number of benzene rings is 2. The second-order valence-corrected chi connectivity index (χ2v) is 7.84. The predicted octanol–water partition coefficient (Wildman–Crippen LogP) is 5.19. The molecule has 0 spiro atoms. The van der Waals surface area contributed by atoms with Gasteiger partial charge in [-0.1, -0.05) is 23.2 Å². The first-order valence-electron chi connectivity index (χ1n) is 9.95. The largest absolute Gasteiger partial charge is 0.497 e. The first kappa shape index (κ1) is 22.6. The van der Waals surface area contributed by atoms with Crippen LogP contribution in [0.4, 0.5) is 0 Å². The quantitative estimate of drug-likeness (QED) is 0.392. The van der Waals surface area contributed by atoms with Crippen LogP contribution in [0.25, 0.3) is 16.9 Å². The van der Waals surface area contributed by atoms with E-state index in [0.717, 1.165) is 5.56 Å². The number of nitrogens with one attached hydrogen (secondary N) is 1. The van der Waals surface area contributed by atoms with Crippen molar-refractivity contribution in [1.82, 2.24) is 20.1 Å². The molecule has 0 aliphatic carbocycles. The molecular formula is C24H20Cl2N4O3. The Morgan fingerprint density at radius 2 is 1.76 bits per heavy atom. The van der Waals surface area contributed by atoms with Crippen LogP contribution in [-0.2, 0) is 6.54 Å². The topological polar surface area (TPSA) is 78.3 Å². The van der Waals surface area contributed by atoms with E-state index in [1.807, 2.05) is 18.2 Å². The molecule has 2 aromatic heterocycles. The van der Waals surface area contributed by atoms with Crippen molar-refractivity contribution in [3.8, 4) is 28.4 Å². The monoisotopic (exact) mass is 482 g/mol. The number of pyridine rings is 1. The molecule has 168 valence electrons. The highest BCUT2D eigenvalue weighted by Crippen LogP contribution is 2.34. The SMILES string of the molecule is COc1ccc(-c2cc(C(=O)NCc3ccncc3)n(-c3ccc(Cl)c(Cl)c3)n2)c(OC)c1. The maximum absolute atomic E-state index is 13.2. The minimum Gasteiger partial charge on any atom is -0.497 e. The highest BCUT2D eigenvalue weighted by molar-refractivity contribution is 6.42. The minimum atomic E-state index is -0.302. The third-order valence-corrected chi connectivity index (χ3v) is 5.72. The molecule has 0 bridgehead atoms. The number of amides is 1. The summed E-state index contributed by atoms with van der Waals surface area (Å²) in [7, 11) is 3.15. The van der Waals surface area contributed by atoms with E-state index in [1.165, 1.54) is 4.68 Å². The van der Waals surface area contributed by atoms with Crippen molar-refractivity contribution in [2.24, 2.45) is 0 Å². The number of carbonyl (C=O) groups excluding carboxylic acids is 1. The van der Waals surface area contributed by atoms with Gasteiger partial charge < -0.3 is 14.8 Å². The van der Waals surface area contributed by atoms with E-state index in [-0.39, 0.29) is 5.91 Å². The van der Waals surface area contributed by atoms with Crippen LogP contribution >= 0.6 is 23.2 Å². The number of ether oxygens (including phenoxy) is 2. The molecule has 0 aliphatic rings. The Kier molecular flexibility index (Phi) is 6.82. The Morgan fingerprint density at radius 3 is 2.45 bits per heavy atom. The van der Waals surface area contributed by atoms with Gasteiger partial charge in [0.1, 0.15) is 17.2 Å². The van der Waals surface area contributed by atoms with E-state index >= 15 is 0 Å². The van der Waals surface area contributed by atoms with E-state index in [2.05, 4.69) is 15.4 Å². The van der Waals surface area contributed by atoms with E-state index in [1.54, 1.807) is 63.0 Å². The summed E-state index contributed by atoms with van der Waals surface area (Å²) in [5, 5.41) is 8.38. The van der Waals surface area contributed by atoms with Crippen LogP contribution in [0.1, 0.15) is 16.1 Å². The number of hydrogen-bond acceptors (Lipinski definition) is 5. The van der Waals surface area contributed by atoms with Gasteiger partial charge in [-0.3, -0.25) is 9.78 Å². The van der Waals surface area contributed by atoms with Crippen LogP contribution in [-0.4, -0.2) is 34.9 Å². The highest BCUT2D eigenvalue weighted by Gasteiger charge is 2.20. The van der Waals surface area contributed by atoms with Gasteiger partial charge in [0.15, 0.2) is 0 Å². The molecule has 0 saturated carbocycles. The number of rotatable bonds is 7. The van der Waals surface area contributed by atoms with E-state index in [9.17, 15) is 4.79 Å². The lowest BCUT2D eigenvalue weighted by molar-refractivity contribution is 0.0943. The summed E-state index contributed by atoms with van der Waals surface area (Å²) in [6.07, 6.45) is 3.35. The molecule has 1 amide bonds. The zero-order valence-electron chi connectivity index (χ0n) is 17.9. The second-order valence-electron chi connectivity index (χ2n) is 7.03. The maximum Gasteiger partial charge on any atom is 0.270 e. The molecular weight excluding hydrogens is 463 g/mol. The fraction of sp³-hybridized carbons (Fsp3) is 0.125. The standard InChI is InChI=1S/C24H20Cl2N4O3/c1-32-17-4-5-18(23(12-17)33-2)21-13-22(24(31)28-14-15-7-9-27-10-8-15)30(29-21)16-3-6-19(25)20(26)11-16/h3-13H,14H2,1-2H3,(H,28,31). The van der Waals surface area contributed by atoms with Crippen molar-refractivity contribution < 1.29 is 14.3 Å². The summed E-state index contributed by atoms with van der Waals surface area (Å²) in [5.74, 6) is 0.913. The minimum absolute atomic E-state index is 0.302. The number of halogens is 2. The number of nitrogens with zero attached hydrogens (tertiary/aromatic N) is 3. The smallest absolute Gasteiger partial charge is 0.270 e. The molecule has 2 heterocycles. The molecule has 2 aromatic carbocycles. The van der Waals surface area contributed by atoms with Crippen LogP contribution in [0, 0.1) is 0 Å². The molecule has 0 fully saturated rings. The van der Waals surface area contributed by atoms with Crippen LogP contribution in [0.15, 0.2) is 67.0 Å². The number of hydrogen-bond donors (Lipinski definition) is 1. The van der Waals surface area contributed by atoms with Crippen LogP contribution in [0.2, 0.25) is 10.0 Å². The van der Waals surface area contributed by atoms with Crippen molar-refractivity contribution in [1.29, 1.82) is 0 Å². The van der Waals surface area contributed by atoms with Crippen LogP contribution in [0.5, 0.6) is 11.5 Å². The molecule has 0 radical (unpaired) electrons. The molecule has 4 aromatic rings. The summed E-state index contributed by atoms with van der Waals surface area (Å²) < 4.78 is 12.3. The number of aromatic nitrogens is 3. The Balaban J connectivity index is 1.76. The molecule has 0 saturated heterocycles. The van der Waals surface area contributed by atoms with Crippen molar-refractivity contribution >= 4 is 29.1 Å². The summed E-state index contributed by atoms with van der Waals surface area (Å²) in [6, 6.07) is 15.8. The molecule has 33 heavy (non-hydrogen) atoms. The second kappa shape index (κ2) is 9.94. The molecule has 0 atom stereocenters. The van der Waals surface area contributed by atoms with Crippen molar-refractivity contribution in [2.45, 2.75) is 6.54 Å². The summed E-state index contributed by atoms with van der Waals surface area (Å²) in [4.78, 5) is 17.2. The average molecular weight is 483 g/mol. The first-order valence-corrected chi connectivity index (χ1v) is 10.7. The molecule has 4 rings (SSSR count). The van der Waals surface area contributed by atoms with Gasteiger partial charge in [-0.15, -0.1) is 0 Å². The van der Waals surface area contributed by atoms with Crippen LogP contribution in [0.3, 0.4) is 0 Å². The third kappa shape index (κ3) is 4.94. The average Bonchev–Trinajstić information content (AvgIpc) is 3.29. The van der Waals surface area contributed by atoms with Gasteiger partial charge in [-0.25, -0.2) is 4.68 Å². The summed E-state index contributed by atoms with van der Waals surface area (Å²) >= 11 is 12.3. The molecule has 9 heteroatoms. The third-order valence-electron chi connectivity index (χ3n) is 4.98. The van der Waals surface area contributed by atoms with Crippen molar-refractivity contribution in [2.75, 3.05) is 14.2 Å². The molecule has 0 unspecified atom stereocenters. The van der Waals surface area contributed by atoms with Gasteiger partial charge in [0.05, 0.1) is 35.6 Å². The van der Waals surface area contributed by atoms with Crippen molar-refractivity contribution in [3.63, 3.8) is 0 Å². The lowest BCUT2D eigenvalue weighted by atomic mass is 10.1. The van der Waals surface area contributed by atoms with Gasteiger partial charge in [0.2, 0.25) is 0 Å². The van der Waals surface area contributed by atoms with Crippen LogP contribution < -0.4 is 14.8 Å². The maximum atomic E-state index is 13.2. The van der Waals surface area contributed by atoms with Gasteiger partial charge >= 0.3 is 0 Å². The van der Waals surface area contributed by atoms with E-state index < -0.39 is 0 Å². The Labute approximate surface area is 200 Å². The summed E-state index contributed by atoms with van der Waals surface area (Å²) in [6.45, 7) is 0.342. The zero-order valence-corrected chi connectivity index (χ0v) is 19.4. The Bertz CT molecular complexity index is 1290. The van der Waals surface area contributed by atoms with Gasteiger partial charge in [0, 0.05) is 30.6 Å². The predicted molar refractivity (Wildman–Crippen MR) is 128 cm³/mol. The lowest BCUT2D eigenvalue weighted by Gasteiger charge is -2.09. The van der Waals surface area contributed by atoms with E-state index in [0.29, 0.717) is 50.7 Å². The van der Waals surface area contributed by atoms with Crippen molar-refractivity contribution in [3.05, 3.63) is 88.3 Å². The fourth-order valence-corrected chi connectivity index (χ4v) is 3.56. The fourth-order valence-electron chi connectivity index (χ4n) is 3.27. The molecule has 0 aliphatic heterocycles. The van der Waals surface area contributed by atoms with E-state index in [4.69, 9.17) is 32.7 Å². The Hall–Kier alpha value is -3.55. The molecule has 7 nitrogen and oxygen atoms in total.